The van der Waals surface area contributed by atoms with E-state index in [1.165, 1.54) is 0 Å². The van der Waals surface area contributed by atoms with E-state index in [9.17, 15) is 0 Å². The molecule has 1 rings (SSSR count). The van der Waals surface area contributed by atoms with E-state index >= 15 is 0 Å². The lowest BCUT2D eigenvalue weighted by Gasteiger charge is -2.13. The number of rotatable bonds is 9. The van der Waals surface area contributed by atoms with Crippen LogP contribution in [0.3, 0.4) is 0 Å². The standard InChI is InChI=1S/C18H34N4O2/c1-7-19-17(20-9-11-23-10-8-14(2)3)22-13-16-21-12-15(24-16)18(4,5)6/h12,14H,7-11,13H2,1-6H3,(H2,19,20,22). The number of ether oxygens (including phenoxy) is 1. The van der Waals surface area contributed by atoms with Gasteiger partial charge < -0.3 is 19.8 Å². The van der Waals surface area contributed by atoms with E-state index < -0.39 is 0 Å². The molecule has 0 amide bonds. The Kier molecular flexibility index (Phi) is 8.82. The maximum atomic E-state index is 5.76. The molecule has 2 N–H and O–H groups in total. The first-order chi connectivity index (χ1) is 11.3. The van der Waals surface area contributed by atoms with Gasteiger partial charge in [0.15, 0.2) is 5.96 Å². The molecule has 1 aromatic rings. The molecule has 138 valence electrons. The van der Waals surface area contributed by atoms with Crippen LogP contribution in [0.1, 0.15) is 59.6 Å². The van der Waals surface area contributed by atoms with Gasteiger partial charge in [-0.15, -0.1) is 0 Å². The third-order valence-corrected chi connectivity index (χ3v) is 3.39. The van der Waals surface area contributed by atoms with Gasteiger partial charge in [-0.1, -0.05) is 34.6 Å². The second-order valence-corrected chi connectivity index (χ2v) is 7.29. The maximum absolute atomic E-state index is 5.76. The molecule has 0 aliphatic rings. The number of nitrogens with one attached hydrogen (secondary N) is 2. The fourth-order valence-electron chi connectivity index (χ4n) is 1.88. The molecule has 0 saturated heterocycles. The molecular formula is C18H34N4O2. The van der Waals surface area contributed by atoms with Crippen molar-refractivity contribution in [1.82, 2.24) is 15.6 Å². The molecule has 0 aromatic carbocycles. The van der Waals surface area contributed by atoms with Crippen LogP contribution >= 0.6 is 0 Å². The number of hydrogen-bond donors (Lipinski definition) is 2. The SMILES string of the molecule is CCNC(=NCc1ncc(C(C)(C)C)o1)NCCOCCC(C)C. The molecule has 0 aliphatic heterocycles. The molecule has 0 bridgehead atoms. The van der Waals surface area contributed by atoms with Gasteiger partial charge >= 0.3 is 0 Å². The van der Waals surface area contributed by atoms with Crippen molar-refractivity contribution in [2.24, 2.45) is 10.9 Å². The van der Waals surface area contributed by atoms with E-state index in [1.54, 1.807) is 6.20 Å². The first-order valence-corrected chi connectivity index (χ1v) is 8.88. The zero-order valence-corrected chi connectivity index (χ0v) is 16.1. The second-order valence-electron chi connectivity index (χ2n) is 7.29. The summed E-state index contributed by atoms with van der Waals surface area (Å²) < 4.78 is 11.4. The summed E-state index contributed by atoms with van der Waals surface area (Å²) in [5, 5.41) is 6.47. The predicted octanol–water partition coefficient (Wildman–Crippen LogP) is 3.09. The lowest BCUT2D eigenvalue weighted by atomic mass is 9.94. The Hall–Kier alpha value is -1.56. The van der Waals surface area contributed by atoms with Crippen molar-refractivity contribution in [1.29, 1.82) is 0 Å². The highest BCUT2D eigenvalue weighted by molar-refractivity contribution is 5.79. The largest absolute Gasteiger partial charge is 0.443 e. The van der Waals surface area contributed by atoms with E-state index in [0.717, 1.165) is 37.8 Å². The second kappa shape index (κ2) is 10.3. The number of hydrogen-bond acceptors (Lipinski definition) is 4. The number of nitrogens with zero attached hydrogens (tertiary/aromatic N) is 2. The fourth-order valence-corrected chi connectivity index (χ4v) is 1.88. The Bertz CT molecular complexity index is 489. The molecule has 0 atom stereocenters. The van der Waals surface area contributed by atoms with Crippen molar-refractivity contribution in [2.45, 2.75) is 59.9 Å². The van der Waals surface area contributed by atoms with E-state index in [2.05, 4.69) is 55.2 Å². The summed E-state index contributed by atoms with van der Waals surface area (Å²) in [6.45, 7) is 16.2. The van der Waals surface area contributed by atoms with Gasteiger partial charge in [0, 0.05) is 25.1 Å². The van der Waals surface area contributed by atoms with Crippen LogP contribution in [0.15, 0.2) is 15.6 Å². The van der Waals surface area contributed by atoms with E-state index in [1.807, 2.05) is 6.92 Å². The third-order valence-electron chi connectivity index (χ3n) is 3.39. The monoisotopic (exact) mass is 338 g/mol. The van der Waals surface area contributed by atoms with Gasteiger partial charge in [-0.2, -0.15) is 0 Å². The number of oxazole rings is 1. The normalized spacial score (nSPS) is 12.7. The first-order valence-electron chi connectivity index (χ1n) is 8.88. The summed E-state index contributed by atoms with van der Waals surface area (Å²) in [6, 6.07) is 0. The molecule has 0 aliphatic carbocycles. The molecule has 0 radical (unpaired) electrons. The molecule has 6 nitrogen and oxygen atoms in total. The lowest BCUT2D eigenvalue weighted by molar-refractivity contribution is 0.128. The van der Waals surface area contributed by atoms with Crippen LogP contribution in [-0.2, 0) is 16.7 Å². The van der Waals surface area contributed by atoms with Gasteiger partial charge in [0.05, 0.1) is 12.8 Å². The van der Waals surface area contributed by atoms with Crippen LogP contribution in [0.2, 0.25) is 0 Å². The minimum Gasteiger partial charge on any atom is -0.443 e. The third kappa shape index (κ3) is 8.34. The van der Waals surface area contributed by atoms with Gasteiger partial charge in [0.25, 0.3) is 0 Å². The van der Waals surface area contributed by atoms with Crippen LogP contribution in [0.25, 0.3) is 0 Å². The summed E-state index contributed by atoms with van der Waals surface area (Å²) in [4.78, 5) is 8.81. The molecule has 1 aromatic heterocycles. The predicted molar refractivity (Wildman–Crippen MR) is 98.3 cm³/mol. The van der Waals surface area contributed by atoms with Gasteiger partial charge in [0.2, 0.25) is 5.89 Å². The Morgan fingerprint density at radius 2 is 2.04 bits per heavy atom. The number of guanidine groups is 1. The summed E-state index contributed by atoms with van der Waals surface area (Å²) >= 11 is 0. The Morgan fingerprint density at radius 1 is 1.29 bits per heavy atom. The maximum Gasteiger partial charge on any atom is 0.216 e. The van der Waals surface area contributed by atoms with Crippen LogP contribution in [0.4, 0.5) is 0 Å². The van der Waals surface area contributed by atoms with Crippen LogP contribution in [-0.4, -0.2) is 37.2 Å². The van der Waals surface area contributed by atoms with Crippen molar-refractivity contribution in [3.63, 3.8) is 0 Å². The molecule has 1 heterocycles. The molecule has 24 heavy (non-hydrogen) atoms. The van der Waals surface area contributed by atoms with Gasteiger partial charge in [-0.05, 0) is 19.3 Å². The van der Waals surface area contributed by atoms with E-state index in [4.69, 9.17) is 9.15 Å². The summed E-state index contributed by atoms with van der Waals surface area (Å²) in [7, 11) is 0. The molecule has 0 fully saturated rings. The first kappa shape index (κ1) is 20.5. The average molecular weight is 338 g/mol. The van der Waals surface area contributed by atoms with E-state index in [-0.39, 0.29) is 5.41 Å². The average Bonchev–Trinajstić information content (AvgIpc) is 2.97. The summed E-state index contributed by atoms with van der Waals surface area (Å²) in [6.07, 6.45) is 2.88. The van der Waals surface area contributed by atoms with Crippen molar-refractivity contribution in [2.75, 3.05) is 26.3 Å². The van der Waals surface area contributed by atoms with Crippen molar-refractivity contribution >= 4 is 5.96 Å². The van der Waals surface area contributed by atoms with Crippen LogP contribution in [0.5, 0.6) is 0 Å². The fraction of sp³-hybridized carbons (Fsp3) is 0.778. The minimum atomic E-state index is -0.0367. The Morgan fingerprint density at radius 3 is 2.62 bits per heavy atom. The highest BCUT2D eigenvalue weighted by atomic mass is 16.5. The molecule has 6 heteroatoms. The van der Waals surface area contributed by atoms with Crippen LogP contribution < -0.4 is 10.6 Å². The molecule has 0 saturated carbocycles. The molecule has 0 spiro atoms. The quantitative estimate of drug-likeness (QED) is 0.411. The minimum absolute atomic E-state index is 0.0367. The van der Waals surface area contributed by atoms with Gasteiger partial charge in [0.1, 0.15) is 12.3 Å². The van der Waals surface area contributed by atoms with Crippen molar-refractivity contribution < 1.29 is 9.15 Å². The zero-order chi connectivity index (χ0) is 18.0. The zero-order valence-electron chi connectivity index (χ0n) is 16.1. The van der Waals surface area contributed by atoms with Crippen molar-refractivity contribution in [3.05, 3.63) is 17.8 Å². The number of aromatic nitrogens is 1. The van der Waals surface area contributed by atoms with Gasteiger partial charge in [-0.3, -0.25) is 0 Å². The van der Waals surface area contributed by atoms with Crippen LogP contribution in [0, 0.1) is 5.92 Å². The molecule has 0 unspecified atom stereocenters. The topological polar surface area (TPSA) is 71.7 Å². The molecular weight excluding hydrogens is 304 g/mol. The number of aliphatic imine (C=N–C) groups is 1. The highest BCUT2D eigenvalue weighted by Crippen LogP contribution is 2.22. The van der Waals surface area contributed by atoms with E-state index in [0.29, 0.717) is 25.0 Å². The summed E-state index contributed by atoms with van der Waals surface area (Å²) in [5.41, 5.74) is -0.0367. The van der Waals surface area contributed by atoms with Gasteiger partial charge in [-0.25, -0.2) is 9.98 Å². The Labute approximate surface area is 146 Å². The summed E-state index contributed by atoms with van der Waals surface area (Å²) in [5.74, 6) is 2.94. The smallest absolute Gasteiger partial charge is 0.216 e. The highest BCUT2D eigenvalue weighted by Gasteiger charge is 2.18. The lowest BCUT2D eigenvalue weighted by Crippen LogP contribution is -2.39. The van der Waals surface area contributed by atoms with Crippen molar-refractivity contribution in [3.8, 4) is 0 Å². The Balaban J connectivity index is 2.40.